The number of carbonyl (C=O) groups excluding carboxylic acids is 1. The lowest BCUT2D eigenvalue weighted by Gasteiger charge is -2.07. The van der Waals surface area contributed by atoms with Crippen LogP contribution in [-0.2, 0) is 17.8 Å². The van der Waals surface area contributed by atoms with Crippen LogP contribution in [0.5, 0.6) is 0 Å². The van der Waals surface area contributed by atoms with Crippen LogP contribution in [0.4, 0.5) is 5.69 Å². The van der Waals surface area contributed by atoms with Crippen molar-refractivity contribution >= 4 is 34.2 Å². The first-order chi connectivity index (χ1) is 10.7. The summed E-state index contributed by atoms with van der Waals surface area (Å²) in [5.74, 6) is 0.971. The van der Waals surface area contributed by atoms with Gasteiger partial charge in [0.1, 0.15) is 5.82 Å². The van der Waals surface area contributed by atoms with Gasteiger partial charge in [-0.1, -0.05) is 41.9 Å². The van der Waals surface area contributed by atoms with E-state index >= 15 is 0 Å². The van der Waals surface area contributed by atoms with E-state index < -0.39 is 0 Å². The second kappa shape index (κ2) is 5.14. The van der Waals surface area contributed by atoms with Crippen molar-refractivity contribution in [1.29, 1.82) is 0 Å². The number of halogens is 1. The molecule has 1 aliphatic heterocycles. The first kappa shape index (κ1) is 13.3. The number of hydrogen-bond donors (Lipinski definition) is 1. The van der Waals surface area contributed by atoms with Gasteiger partial charge < -0.3 is 9.88 Å². The maximum atomic E-state index is 11.9. The number of nitrogens with zero attached hydrogens (tertiary/aromatic N) is 2. The molecule has 0 radical (unpaired) electrons. The molecule has 0 saturated carbocycles. The van der Waals surface area contributed by atoms with Gasteiger partial charge >= 0.3 is 0 Å². The monoisotopic (exact) mass is 311 g/mol. The van der Waals surface area contributed by atoms with Gasteiger partial charge in [0.05, 0.1) is 16.7 Å². The SMILES string of the molecule is O=C1CCn2c(Cc3ccccc3)nc3cc(Cl)cc(c32)N1. The summed E-state index contributed by atoms with van der Waals surface area (Å²) in [5, 5.41) is 3.50. The van der Waals surface area contributed by atoms with Crippen LogP contribution >= 0.6 is 11.6 Å². The molecule has 0 aliphatic carbocycles. The summed E-state index contributed by atoms with van der Waals surface area (Å²) in [4.78, 5) is 16.6. The molecule has 0 fully saturated rings. The molecule has 2 aromatic carbocycles. The van der Waals surface area contributed by atoms with Crippen molar-refractivity contribution in [3.63, 3.8) is 0 Å². The number of aryl methyl sites for hydroxylation is 1. The zero-order chi connectivity index (χ0) is 15.1. The molecule has 3 aromatic rings. The number of anilines is 1. The van der Waals surface area contributed by atoms with Gasteiger partial charge in [-0.15, -0.1) is 0 Å². The Morgan fingerprint density at radius 3 is 2.86 bits per heavy atom. The van der Waals surface area contributed by atoms with Crippen LogP contribution in [0.3, 0.4) is 0 Å². The molecule has 1 aromatic heterocycles. The first-order valence-electron chi connectivity index (χ1n) is 7.23. The minimum absolute atomic E-state index is 0.0120. The Hall–Kier alpha value is -2.33. The Morgan fingerprint density at radius 1 is 1.23 bits per heavy atom. The van der Waals surface area contributed by atoms with Crippen LogP contribution in [0.15, 0.2) is 42.5 Å². The smallest absolute Gasteiger partial charge is 0.226 e. The number of hydrogen-bond acceptors (Lipinski definition) is 2. The number of imidazole rings is 1. The molecule has 4 nitrogen and oxygen atoms in total. The van der Waals surface area contributed by atoms with Gasteiger partial charge in [-0.3, -0.25) is 4.79 Å². The highest BCUT2D eigenvalue weighted by Gasteiger charge is 2.20. The van der Waals surface area contributed by atoms with E-state index in [0.29, 0.717) is 18.0 Å². The van der Waals surface area contributed by atoms with Crippen molar-refractivity contribution in [2.75, 3.05) is 5.32 Å². The topological polar surface area (TPSA) is 46.9 Å². The first-order valence-corrected chi connectivity index (χ1v) is 7.61. The van der Waals surface area contributed by atoms with E-state index in [9.17, 15) is 4.79 Å². The summed E-state index contributed by atoms with van der Waals surface area (Å²) in [5.41, 5.74) is 3.74. The lowest BCUT2D eigenvalue weighted by Crippen LogP contribution is -2.11. The van der Waals surface area contributed by atoms with E-state index in [1.807, 2.05) is 24.3 Å². The van der Waals surface area contributed by atoms with Crippen molar-refractivity contribution in [2.45, 2.75) is 19.4 Å². The van der Waals surface area contributed by atoms with Gasteiger partial charge in [-0.25, -0.2) is 4.98 Å². The zero-order valence-electron chi connectivity index (χ0n) is 11.8. The minimum Gasteiger partial charge on any atom is -0.325 e. The molecule has 0 unspecified atom stereocenters. The van der Waals surface area contributed by atoms with Crippen LogP contribution in [0.25, 0.3) is 11.0 Å². The molecule has 0 bridgehead atoms. The molecule has 5 heteroatoms. The number of benzene rings is 2. The van der Waals surface area contributed by atoms with Crippen LogP contribution < -0.4 is 5.32 Å². The van der Waals surface area contributed by atoms with E-state index in [2.05, 4.69) is 22.0 Å². The Kier molecular flexibility index (Phi) is 3.12. The molecule has 0 spiro atoms. The highest BCUT2D eigenvalue weighted by molar-refractivity contribution is 6.32. The summed E-state index contributed by atoms with van der Waals surface area (Å²) in [7, 11) is 0. The summed E-state index contributed by atoms with van der Waals surface area (Å²) in [6.45, 7) is 0.638. The number of amides is 1. The van der Waals surface area contributed by atoms with Crippen molar-refractivity contribution in [1.82, 2.24) is 9.55 Å². The van der Waals surface area contributed by atoms with Gasteiger partial charge in [-0.05, 0) is 17.7 Å². The second-order valence-electron chi connectivity index (χ2n) is 5.46. The minimum atomic E-state index is 0.0120. The molecule has 0 atom stereocenters. The standard InChI is InChI=1S/C17H14ClN3O/c18-12-9-13-17-14(10-12)20-16(22)6-7-21(17)15(19-13)8-11-4-2-1-3-5-11/h1-5,9-10H,6-8H2,(H,20,22). The lowest BCUT2D eigenvalue weighted by atomic mass is 10.1. The summed E-state index contributed by atoms with van der Waals surface area (Å²) < 4.78 is 2.13. The van der Waals surface area contributed by atoms with E-state index in [4.69, 9.17) is 16.6 Å². The molecule has 1 amide bonds. The zero-order valence-corrected chi connectivity index (χ0v) is 12.6. The van der Waals surface area contributed by atoms with Gasteiger partial charge in [0.15, 0.2) is 0 Å². The fourth-order valence-corrected chi connectivity index (χ4v) is 3.17. The number of aromatic nitrogens is 2. The van der Waals surface area contributed by atoms with E-state index in [-0.39, 0.29) is 5.91 Å². The Morgan fingerprint density at radius 2 is 2.05 bits per heavy atom. The fourth-order valence-electron chi connectivity index (χ4n) is 2.96. The fraction of sp³-hybridized carbons (Fsp3) is 0.176. The van der Waals surface area contributed by atoms with Crippen molar-refractivity contribution < 1.29 is 4.79 Å². The molecular weight excluding hydrogens is 298 g/mol. The van der Waals surface area contributed by atoms with Crippen molar-refractivity contribution in [2.24, 2.45) is 0 Å². The summed E-state index contributed by atoms with van der Waals surface area (Å²) in [6, 6.07) is 13.9. The van der Waals surface area contributed by atoms with Gasteiger partial charge in [0, 0.05) is 24.4 Å². The quantitative estimate of drug-likeness (QED) is 0.785. The van der Waals surface area contributed by atoms with Gasteiger partial charge in [0.2, 0.25) is 5.91 Å². The third-order valence-electron chi connectivity index (χ3n) is 3.93. The summed E-state index contributed by atoms with van der Waals surface area (Å²) >= 11 is 6.15. The molecule has 1 N–H and O–H groups in total. The molecular formula is C17H14ClN3O. The second-order valence-corrected chi connectivity index (χ2v) is 5.90. The maximum Gasteiger partial charge on any atom is 0.226 e. The van der Waals surface area contributed by atoms with E-state index in [1.165, 1.54) is 5.56 Å². The highest BCUT2D eigenvalue weighted by Crippen LogP contribution is 2.31. The average molecular weight is 312 g/mol. The van der Waals surface area contributed by atoms with Crippen LogP contribution in [0.2, 0.25) is 5.02 Å². The Labute approximate surface area is 132 Å². The number of nitrogens with one attached hydrogen (secondary N) is 1. The van der Waals surface area contributed by atoms with Crippen LogP contribution in [0, 0.1) is 0 Å². The summed E-state index contributed by atoms with van der Waals surface area (Å²) in [6.07, 6.45) is 1.18. The highest BCUT2D eigenvalue weighted by atomic mass is 35.5. The molecule has 1 aliphatic rings. The third-order valence-corrected chi connectivity index (χ3v) is 4.15. The number of carbonyl (C=O) groups is 1. The molecule has 4 rings (SSSR count). The van der Waals surface area contributed by atoms with Crippen LogP contribution in [0.1, 0.15) is 17.8 Å². The Bertz CT molecular complexity index is 870. The predicted octanol–water partition coefficient (Wildman–Crippen LogP) is 3.62. The number of rotatable bonds is 2. The normalized spacial score (nSPS) is 14.0. The van der Waals surface area contributed by atoms with Crippen molar-refractivity contribution in [3.05, 3.63) is 58.9 Å². The molecule has 110 valence electrons. The molecule has 22 heavy (non-hydrogen) atoms. The van der Waals surface area contributed by atoms with Crippen LogP contribution in [-0.4, -0.2) is 15.5 Å². The third kappa shape index (κ3) is 2.25. The average Bonchev–Trinajstić information content (AvgIpc) is 2.73. The molecule has 0 saturated heterocycles. The maximum absolute atomic E-state index is 11.9. The lowest BCUT2D eigenvalue weighted by molar-refractivity contribution is -0.116. The largest absolute Gasteiger partial charge is 0.325 e. The van der Waals surface area contributed by atoms with Gasteiger partial charge in [-0.2, -0.15) is 0 Å². The Balaban J connectivity index is 1.88. The van der Waals surface area contributed by atoms with E-state index in [1.54, 1.807) is 6.07 Å². The van der Waals surface area contributed by atoms with Gasteiger partial charge in [0.25, 0.3) is 0 Å². The van der Waals surface area contributed by atoms with Crippen molar-refractivity contribution in [3.8, 4) is 0 Å². The predicted molar refractivity (Wildman–Crippen MR) is 87.2 cm³/mol. The van der Waals surface area contributed by atoms with E-state index in [0.717, 1.165) is 29.0 Å². The molecule has 2 heterocycles.